The molecule has 44 heavy (non-hydrogen) atoms. The molecular weight excluding hydrogens is 564 g/mol. The van der Waals surface area contributed by atoms with Crippen LogP contribution in [0.5, 0.6) is 5.75 Å². The van der Waals surface area contributed by atoms with Gasteiger partial charge in [0.15, 0.2) is 23.5 Å². The Bertz CT molecular complexity index is 1620. The van der Waals surface area contributed by atoms with Gasteiger partial charge in [0.25, 0.3) is 5.91 Å². The maximum absolute atomic E-state index is 13.9. The number of Topliss-reactive ketones (excluding diaryl/α,β-unsaturated/α-hetero) is 1. The van der Waals surface area contributed by atoms with Crippen LogP contribution in [0, 0.1) is 17.8 Å². The van der Waals surface area contributed by atoms with Crippen LogP contribution in [-0.4, -0.2) is 58.3 Å². The number of amides is 2. The number of rotatable bonds is 8. The number of benzene rings is 2. The zero-order valence-electron chi connectivity index (χ0n) is 25.2. The number of anilines is 1. The molecule has 5 atom stereocenters. The molecule has 3 aliphatic heterocycles. The number of nitrogens with zero attached hydrogens (tertiary/aromatic N) is 1. The summed E-state index contributed by atoms with van der Waals surface area (Å²) >= 11 is 0. The van der Waals surface area contributed by atoms with Gasteiger partial charge < -0.3 is 35.3 Å². The highest BCUT2D eigenvalue weighted by molar-refractivity contribution is 5.95. The van der Waals surface area contributed by atoms with Crippen LogP contribution < -0.4 is 20.7 Å². The largest absolute Gasteiger partial charge is 0.469 e. The summed E-state index contributed by atoms with van der Waals surface area (Å²) in [5.41, 5.74) is 2.11. The Morgan fingerprint density at radius 1 is 1.11 bits per heavy atom. The lowest BCUT2D eigenvalue weighted by Crippen LogP contribution is -2.41. The summed E-state index contributed by atoms with van der Waals surface area (Å²) in [4.78, 5) is 45.3. The molecule has 0 fully saturated rings. The molecule has 6 rings (SSSR count). The minimum absolute atomic E-state index is 0.0191. The quantitative estimate of drug-likeness (QED) is 0.261. The number of carbonyl (C=O) groups is 3. The van der Waals surface area contributed by atoms with Crippen molar-refractivity contribution in [2.75, 3.05) is 18.5 Å². The maximum Gasteiger partial charge on any atom is 0.273 e. The maximum atomic E-state index is 13.9. The lowest BCUT2D eigenvalue weighted by atomic mass is 9.72. The van der Waals surface area contributed by atoms with Gasteiger partial charge in [-0.3, -0.25) is 14.4 Å². The molecule has 2 unspecified atom stereocenters. The van der Waals surface area contributed by atoms with Crippen LogP contribution >= 0.6 is 0 Å². The van der Waals surface area contributed by atoms with Crippen LogP contribution in [0.15, 0.2) is 46.9 Å². The Labute approximate surface area is 255 Å². The zero-order valence-corrected chi connectivity index (χ0v) is 25.2. The standard InChI is InChI=1S/C33H38N4O7/c1-16(2)25-31-37-26(30(42)34-11-12-38)28(44-31)33-20-7-5-6-8-22(20)35-32(33)43-24-10-9-18(14-21(24)33)13-19(29(41)36-25)15-23(39)27(40)17(3)4/h5-10,14,16-17,19,25,27,32,35,38,40H,11-13,15H2,1-4H3,(H,34,42)(H,36,41)/t19?,25-,27-,32-,33?/m0/s1. The number of aliphatic hydroxyl groups is 2. The first-order valence-electron chi connectivity index (χ1n) is 15.1. The van der Waals surface area contributed by atoms with Crippen molar-refractivity contribution in [3.8, 4) is 5.75 Å². The van der Waals surface area contributed by atoms with Crippen LogP contribution in [0.25, 0.3) is 0 Å². The first-order chi connectivity index (χ1) is 21.1. The SMILES string of the molecule is CC(C)[C@H](O)C(=O)CC1Cc2ccc3c(c2)C2(c4ccccc4N[C@H]2O3)c2oc(nc2C(=O)NCCO)[C@H](C(C)C)NC1=O. The lowest BCUT2D eigenvalue weighted by Gasteiger charge is -2.28. The highest BCUT2D eigenvalue weighted by atomic mass is 16.5. The molecule has 0 aliphatic carbocycles. The third-order valence-corrected chi connectivity index (χ3v) is 8.85. The van der Waals surface area contributed by atoms with Crippen molar-refractivity contribution in [2.24, 2.45) is 17.8 Å². The Balaban J connectivity index is 1.59. The summed E-state index contributed by atoms with van der Waals surface area (Å²) < 4.78 is 13.1. The number of aliphatic hydroxyl groups excluding tert-OH is 2. The second-order valence-electron chi connectivity index (χ2n) is 12.5. The first kappa shape index (κ1) is 29.8. The van der Waals surface area contributed by atoms with Crippen LogP contribution in [-0.2, 0) is 21.4 Å². The van der Waals surface area contributed by atoms with E-state index in [2.05, 4.69) is 16.0 Å². The molecule has 0 saturated carbocycles. The summed E-state index contributed by atoms with van der Waals surface area (Å²) in [6, 6.07) is 12.6. The van der Waals surface area contributed by atoms with Gasteiger partial charge in [-0.2, -0.15) is 0 Å². The number of carbonyl (C=O) groups excluding carboxylic acids is 3. The van der Waals surface area contributed by atoms with Crippen molar-refractivity contribution in [3.05, 3.63) is 76.5 Å². The van der Waals surface area contributed by atoms with Crippen LogP contribution in [0.1, 0.15) is 79.0 Å². The smallest absolute Gasteiger partial charge is 0.273 e. The fourth-order valence-electron chi connectivity index (χ4n) is 6.56. The van der Waals surface area contributed by atoms with Gasteiger partial charge in [0.05, 0.1) is 6.61 Å². The second-order valence-corrected chi connectivity index (χ2v) is 12.5. The fraction of sp³-hybridized carbons (Fsp3) is 0.455. The highest BCUT2D eigenvalue weighted by Crippen LogP contribution is 2.58. The molecule has 3 aromatic rings. The van der Waals surface area contributed by atoms with Crippen LogP contribution in [0.4, 0.5) is 5.69 Å². The number of fused-ring (bicyclic) bond motifs is 4. The lowest BCUT2D eigenvalue weighted by molar-refractivity contribution is -0.135. The van der Waals surface area contributed by atoms with E-state index in [1.54, 1.807) is 13.8 Å². The molecule has 3 aliphatic rings. The molecule has 1 spiro atoms. The summed E-state index contributed by atoms with van der Waals surface area (Å²) in [6.07, 6.45) is -1.75. The molecule has 4 heterocycles. The number of nitrogens with one attached hydrogen (secondary N) is 3. The van der Waals surface area contributed by atoms with E-state index in [1.807, 2.05) is 56.3 Å². The van der Waals surface area contributed by atoms with Crippen molar-refractivity contribution in [2.45, 2.75) is 64.3 Å². The average molecular weight is 603 g/mol. The summed E-state index contributed by atoms with van der Waals surface area (Å²) in [7, 11) is 0. The molecular formula is C33H38N4O7. The Morgan fingerprint density at radius 2 is 1.89 bits per heavy atom. The van der Waals surface area contributed by atoms with E-state index < -0.39 is 41.4 Å². The third kappa shape index (κ3) is 4.75. The molecule has 11 heteroatoms. The Hall–Kier alpha value is -4.22. The van der Waals surface area contributed by atoms with Crippen LogP contribution in [0.2, 0.25) is 0 Å². The predicted octanol–water partition coefficient (Wildman–Crippen LogP) is 2.84. The summed E-state index contributed by atoms with van der Waals surface area (Å²) in [5.74, 6) is -1.56. The average Bonchev–Trinajstić information content (AvgIpc) is 3.66. The Morgan fingerprint density at radius 3 is 2.61 bits per heavy atom. The van der Waals surface area contributed by atoms with E-state index in [1.165, 1.54) is 0 Å². The van der Waals surface area contributed by atoms with Gasteiger partial charge in [-0.05, 0) is 41.5 Å². The molecule has 2 amide bonds. The van der Waals surface area contributed by atoms with Crippen molar-refractivity contribution < 1.29 is 33.8 Å². The monoisotopic (exact) mass is 602 g/mol. The van der Waals surface area contributed by atoms with Gasteiger partial charge in [0.2, 0.25) is 11.8 Å². The van der Waals surface area contributed by atoms with Crippen LogP contribution in [0.3, 0.4) is 0 Å². The topological polar surface area (TPSA) is 163 Å². The molecule has 4 bridgehead atoms. The minimum atomic E-state index is -1.18. The van der Waals surface area contributed by atoms with Gasteiger partial charge in [0.1, 0.15) is 23.3 Å². The molecule has 232 valence electrons. The summed E-state index contributed by atoms with van der Waals surface area (Å²) in [5, 5.41) is 29.1. The summed E-state index contributed by atoms with van der Waals surface area (Å²) in [6.45, 7) is 7.09. The molecule has 11 nitrogen and oxygen atoms in total. The number of oxazole rings is 1. The molecule has 0 radical (unpaired) electrons. The normalized spacial score (nSPS) is 23.9. The predicted molar refractivity (Wildman–Crippen MR) is 160 cm³/mol. The second kappa shape index (κ2) is 11.4. The number of para-hydroxylation sites is 1. The number of aromatic nitrogens is 1. The van der Waals surface area contributed by atoms with Crippen molar-refractivity contribution in [3.63, 3.8) is 0 Å². The fourth-order valence-corrected chi connectivity index (χ4v) is 6.56. The number of ether oxygens (including phenoxy) is 1. The first-order valence-corrected chi connectivity index (χ1v) is 15.1. The van der Waals surface area contributed by atoms with Gasteiger partial charge in [-0.15, -0.1) is 0 Å². The highest BCUT2D eigenvalue weighted by Gasteiger charge is 2.61. The third-order valence-electron chi connectivity index (χ3n) is 8.85. The number of hydrogen-bond donors (Lipinski definition) is 5. The van der Waals surface area contributed by atoms with E-state index in [4.69, 9.17) is 14.1 Å². The Kier molecular flexibility index (Phi) is 7.71. The van der Waals surface area contributed by atoms with Gasteiger partial charge >= 0.3 is 0 Å². The van der Waals surface area contributed by atoms with E-state index in [9.17, 15) is 24.6 Å². The van der Waals surface area contributed by atoms with E-state index in [-0.39, 0.29) is 61.1 Å². The van der Waals surface area contributed by atoms with Gasteiger partial charge in [0, 0.05) is 30.1 Å². The number of hydrogen-bond acceptors (Lipinski definition) is 9. The van der Waals surface area contributed by atoms with Crippen molar-refractivity contribution >= 4 is 23.3 Å². The molecule has 2 aromatic carbocycles. The molecule has 5 N–H and O–H groups in total. The van der Waals surface area contributed by atoms with E-state index in [0.717, 1.165) is 22.4 Å². The van der Waals surface area contributed by atoms with Crippen molar-refractivity contribution in [1.82, 2.24) is 15.6 Å². The van der Waals surface area contributed by atoms with Gasteiger partial charge in [-0.25, -0.2) is 4.98 Å². The van der Waals surface area contributed by atoms with Gasteiger partial charge in [-0.1, -0.05) is 58.0 Å². The number of ketones is 1. The molecule has 0 saturated heterocycles. The zero-order chi connectivity index (χ0) is 31.3. The molecule has 1 aromatic heterocycles. The van der Waals surface area contributed by atoms with E-state index >= 15 is 0 Å². The minimum Gasteiger partial charge on any atom is -0.469 e. The van der Waals surface area contributed by atoms with Crippen molar-refractivity contribution in [1.29, 1.82) is 0 Å². The van der Waals surface area contributed by atoms with E-state index in [0.29, 0.717) is 5.75 Å².